The van der Waals surface area contributed by atoms with Gasteiger partial charge in [0.15, 0.2) is 0 Å². The highest BCUT2D eigenvalue weighted by Gasteiger charge is 2.25. The van der Waals surface area contributed by atoms with E-state index in [1.54, 1.807) is 11.1 Å². The van der Waals surface area contributed by atoms with Gasteiger partial charge in [-0.3, -0.25) is 4.98 Å². The normalized spacial score (nSPS) is 26.3. The van der Waals surface area contributed by atoms with E-state index >= 15 is 0 Å². The number of pyridine rings is 1. The van der Waals surface area contributed by atoms with Crippen LogP contribution >= 0.6 is 0 Å². The van der Waals surface area contributed by atoms with Crippen LogP contribution < -0.4 is 5.73 Å². The quantitative estimate of drug-likeness (QED) is 0.906. The molecule has 3 atom stereocenters. The van der Waals surface area contributed by atoms with E-state index in [0.717, 1.165) is 12.3 Å². The van der Waals surface area contributed by atoms with Gasteiger partial charge in [0.2, 0.25) is 0 Å². The highest BCUT2D eigenvalue weighted by atomic mass is 14.6. The summed E-state index contributed by atoms with van der Waals surface area (Å²) in [6.07, 6.45) is 13.8. The number of benzene rings is 1. The van der Waals surface area contributed by atoms with Gasteiger partial charge in [0.1, 0.15) is 0 Å². The Hall–Kier alpha value is -1.67. The van der Waals surface area contributed by atoms with Gasteiger partial charge >= 0.3 is 0 Å². The molecule has 1 aromatic heterocycles. The summed E-state index contributed by atoms with van der Waals surface area (Å²) in [5.41, 5.74) is 12.2. The van der Waals surface area contributed by atoms with Crippen LogP contribution in [0.5, 0.6) is 0 Å². The maximum atomic E-state index is 6.10. The Balaban J connectivity index is 1.38. The minimum absolute atomic E-state index is 0.419. The van der Waals surface area contributed by atoms with E-state index in [0.29, 0.717) is 12.0 Å². The Morgan fingerprint density at radius 1 is 1.08 bits per heavy atom. The summed E-state index contributed by atoms with van der Waals surface area (Å²) in [6.45, 7) is 0. The zero-order chi connectivity index (χ0) is 16.4. The Morgan fingerprint density at radius 3 is 2.83 bits per heavy atom. The van der Waals surface area contributed by atoms with Crippen LogP contribution in [-0.2, 0) is 19.3 Å². The summed E-state index contributed by atoms with van der Waals surface area (Å²) in [4.78, 5) is 4.23. The topological polar surface area (TPSA) is 38.9 Å². The van der Waals surface area contributed by atoms with Gasteiger partial charge in [-0.15, -0.1) is 0 Å². The van der Waals surface area contributed by atoms with Crippen LogP contribution in [0.2, 0.25) is 0 Å². The van der Waals surface area contributed by atoms with Gasteiger partial charge < -0.3 is 5.73 Å². The highest BCUT2D eigenvalue weighted by molar-refractivity contribution is 5.36. The average molecular weight is 320 g/mol. The number of nitrogens with two attached hydrogens (primary N) is 1. The molecule has 2 nitrogen and oxygen atoms in total. The fourth-order valence-electron chi connectivity index (χ4n) is 4.59. The van der Waals surface area contributed by atoms with Crippen molar-refractivity contribution in [1.29, 1.82) is 0 Å². The lowest BCUT2D eigenvalue weighted by Crippen LogP contribution is -2.16. The van der Waals surface area contributed by atoms with E-state index in [2.05, 4.69) is 29.2 Å². The Bertz CT molecular complexity index is 680. The van der Waals surface area contributed by atoms with E-state index in [1.165, 1.54) is 56.1 Å². The van der Waals surface area contributed by atoms with Crippen LogP contribution in [0.15, 0.2) is 42.7 Å². The van der Waals surface area contributed by atoms with Gasteiger partial charge in [-0.05, 0) is 91.5 Å². The van der Waals surface area contributed by atoms with Crippen molar-refractivity contribution in [3.8, 4) is 0 Å². The predicted molar refractivity (Wildman–Crippen MR) is 99.1 cm³/mol. The fourth-order valence-corrected chi connectivity index (χ4v) is 4.59. The highest BCUT2D eigenvalue weighted by Crippen LogP contribution is 2.36. The van der Waals surface area contributed by atoms with Crippen molar-refractivity contribution in [2.75, 3.05) is 0 Å². The maximum absolute atomic E-state index is 6.10. The smallest absolute Gasteiger partial charge is 0.0299 e. The molecule has 1 aromatic carbocycles. The molecule has 1 heterocycles. The van der Waals surface area contributed by atoms with Gasteiger partial charge in [-0.1, -0.05) is 24.3 Å². The molecule has 1 saturated carbocycles. The average Bonchev–Trinajstić information content (AvgIpc) is 3.07. The molecule has 2 aromatic rings. The molecular formula is C22H28N2. The third-order valence-corrected chi connectivity index (χ3v) is 6.07. The van der Waals surface area contributed by atoms with Crippen molar-refractivity contribution in [3.05, 3.63) is 65.0 Å². The van der Waals surface area contributed by atoms with Gasteiger partial charge in [0.05, 0.1) is 0 Å². The Kier molecular flexibility index (Phi) is 4.66. The van der Waals surface area contributed by atoms with Gasteiger partial charge in [-0.25, -0.2) is 0 Å². The molecule has 4 rings (SSSR count). The summed E-state index contributed by atoms with van der Waals surface area (Å²) in [5.74, 6) is 1.53. The largest absolute Gasteiger partial charge is 0.328 e. The fraction of sp³-hybridized carbons (Fsp3) is 0.500. The standard InChI is InChI=1S/C22H28N2/c23-22-10-9-21(14-22)20-8-7-18-12-16(5-6-19(18)13-20)3-4-17-2-1-11-24-15-17/h1-2,7-8,11,13,15-16,21-22H,3-6,9-10,12,14,23H2/t16-,21?,22?/m0/s1. The number of hydrogen-bond donors (Lipinski definition) is 1. The Morgan fingerprint density at radius 2 is 2.04 bits per heavy atom. The molecule has 1 fully saturated rings. The van der Waals surface area contributed by atoms with Gasteiger partial charge in [0.25, 0.3) is 0 Å². The molecule has 2 aliphatic rings. The molecule has 2 heteroatoms. The lowest BCUT2D eigenvalue weighted by atomic mass is 9.79. The molecule has 0 spiro atoms. The third-order valence-electron chi connectivity index (χ3n) is 6.07. The molecule has 0 amide bonds. The molecule has 2 N–H and O–H groups in total. The van der Waals surface area contributed by atoms with Crippen LogP contribution in [0.4, 0.5) is 0 Å². The van der Waals surface area contributed by atoms with Crippen molar-refractivity contribution < 1.29 is 0 Å². The van der Waals surface area contributed by atoms with Crippen LogP contribution in [0, 0.1) is 5.92 Å². The van der Waals surface area contributed by atoms with Crippen LogP contribution in [-0.4, -0.2) is 11.0 Å². The second-order valence-electron chi connectivity index (χ2n) is 7.81. The minimum atomic E-state index is 0.419. The van der Waals surface area contributed by atoms with Gasteiger partial charge in [0, 0.05) is 18.4 Å². The van der Waals surface area contributed by atoms with Crippen molar-refractivity contribution in [1.82, 2.24) is 4.98 Å². The first-order valence-corrected chi connectivity index (χ1v) is 9.54. The van der Waals surface area contributed by atoms with E-state index in [-0.39, 0.29) is 0 Å². The van der Waals surface area contributed by atoms with E-state index in [9.17, 15) is 0 Å². The molecule has 2 unspecified atom stereocenters. The summed E-state index contributed by atoms with van der Waals surface area (Å²) in [6, 6.07) is 11.9. The maximum Gasteiger partial charge on any atom is 0.0299 e. The van der Waals surface area contributed by atoms with E-state index in [1.807, 2.05) is 18.5 Å². The first-order chi connectivity index (χ1) is 11.8. The van der Waals surface area contributed by atoms with Crippen molar-refractivity contribution >= 4 is 0 Å². The zero-order valence-electron chi connectivity index (χ0n) is 14.5. The molecule has 0 bridgehead atoms. The minimum Gasteiger partial charge on any atom is -0.328 e. The van der Waals surface area contributed by atoms with Crippen molar-refractivity contribution in [2.45, 2.75) is 63.3 Å². The van der Waals surface area contributed by atoms with Crippen LogP contribution in [0.3, 0.4) is 0 Å². The molecule has 0 radical (unpaired) electrons. The molecule has 126 valence electrons. The molecule has 2 aliphatic carbocycles. The van der Waals surface area contributed by atoms with Crippen LogP contribution in [0.1, 0.15) is 60.3 Å². The molecule has 24 heavy (non-hydrogen) atoms. The predicted octanol–water partition coefficient (Wildman–Crippen LogP) is 4.41. The van der Waals surface area contributed by atoms with Gasteiger partial charge in [-0.2, -0.15) is 0 Å². The second-order valence-corrected chi connectivity index (χ2v) is 7.81. The Labute approximate surface area is 145 Å². The number of fused-ring (bicyclic) bond motifs is 1. The first kappa shape index (κ1) is 15.8. The SMILES string of the molecule is NC1CCC(c2ccc3c(c2)CC[C@H](CCc2cccnc2)C3)C1. The third kappa shape index (κ3) is 3.54. The molecule has 0 saturated heterocycles. The van der Waals surface area contributed by atoms with Crippen molar-refractivity contribution in [2.24, 2.45) is 11.7 Å². The van der Waals surface area contributed by atoms with E-state index < -0.39 is 0 Å². The summed E-state index contributed by atoms with van der Waals surface area (Å²) >= 11 is 0. The number of nitrogens with zero attached hydrogens (tertiary/aromatic N) is 1. The number of aromatic nitrogens is 1. The lowest BCUT2D eigenvalue weighted by molar-refractivity contribution is 0.427. The number of hydrogen-bond acceptors (Lipinski definition) is 2. The summed E-state index contributed by atoms with van der Waals surface area (Å²) in [5, 5.41) is 0. The summed E-state index contributed by atoms with van der Waals surface area (Å²) < 4.78 is 0. The number of aryl methyl sites for hydroxylation is 2. The zero-order valence-corrected chi connectivity index (χ0v) is 14.5. The van der Waals surface area contributed by atoms with Crippen molar-refractivity contribution in [3.63, 3.8) is 0 Å². The molecule has 0 aliphatic heterocycles. The second kappa shape index (κ2) is 7.06. The number of rotatable bonds is 4. The van der Waals surface area contributed by atoms with Crippen LogP contribution in [0.25, 0.3) is 0 Å². The summed E-state index contributed by atoms with van der Waals surface area (Å²) in [7, 11) is 0. The first-order valence-electron chi connectivity index (χ1n) is 9.54. The lowest BCUT2D eigenvalue weighted by Gasteiger charge is -2.26. The van der Waals surface area contributed by atoms with E-state index in [4.69, 9.17) is 5.73 Å². The molecular weight excluding hydrogens is 292 g/mol. The monoisotopic (exact) mass is 320 g/mol.